The van der Waals surface area contributed by atoms with Crippen LogP contribution in [0.2, 0.25) is 5.02 Å². The number of rotatable bonds is 7. The van der Waals surface area contributed by atoms with Gasteiger partial charge in [-0.3, -0.25) is 9.78 Å². The van der Waals surface area contributed by atoms with Crippen LogP contribution in [-0.4, -0.2) is 23.7 Å². The van der Waals surface area contributed by atoms with E-state index in [4.69, 9.17) is 16.3 Å². The monoisotopic (exact) mass is 331 g/mol. The van der Waals surface area contributed by atoms with Gasteiger partial charge >= 0.3 is 0 Å². The molecule has 0 saturated heterocycles. The second-order valence-corrected chi connectivity index (χ2v) is 5.37. The fourth-order valence-electron chi connectivity index (χ4n) is 1.87. The molecule has 0 spiro atoms. The molecule has 1 heterocycles. The van der Waals surface area contributed by atoms with Gasteiger partial charge in [0.1, 0.15) is 5.75 Å². The molecule has 1 aromatic heterocycles. The van der Waals surface area contributed by atoms with Crippen molar-refractivity contribution in [1.29, 1.82) is 0 Å². The number of hydrazone groups is 1. The topological polar surface area (TPSA) is 63.6 Å². The number of benzene rings is 1. The Morgan fingerprint density at radius 3 is 2.87 bits per heavy atom. The van der Waals surface area contributed by atoms with Gasteiger partial charge in [-0.15, -0.1) is 0 Å². The lowest BCUT2D eigenvalue weighted by Crippen LogP contribution is -2.18. The van der Waals surface area contributed by atoms with E-state index in [2.05, 4.69) is 15.5 Å². The number of hydrogen-bond donors (Lipinski definition) is 1. The van der Waals surface area contributed by atoms with Crippen molar-refractivity contribution in [1.82, 2.24) is 10.4 Å². The van der Waals surface area contributed by atoms with E-state index in [1.54, 1.807) is 36.8 Å². The summed E-state index contributed by atoms with van der Waals surface area (Å²) in [4.78, 5) is 15.6. The molecule has 0 radical (unpaired) electrons. The molecule has 0 fully saturated rings. The number of carbonyl (C=O) groups excluding carboxylic acids is 1. The third kappa shape index (κ3) is 6.08. The SMILES string of the molecule is Cc1cc(Cl)ccc1OCCCC(=O)NN=Cc1ccncc1. The van der Waals surface area contributed by atoms with Crippen LogP contribution >= 0.6 is 11.6 Å². The highest BCUT2D eigenvalue weighted by Crippen LogP contribution is 2.21. The molecule has 0 atom stereocenters. The van der Waals surface area contributed by atoms with Crippen LogP contribution in [0.1, 0.15) is 24.0 Å². The summed E-state index contributed by atoms with van der Waals surface area (Å²) < 4.78 is 5.63. The van der Waals surface area contributed by atoms with Crippen molar-refractivity contribution in [2.24, 2.45) is 5.10 Å². The van der Waals surface area contributed by atoms with Crippen LogP contribution in [0, 0.1) is 6.92 Å². The fourth-order valence-corrected chi connectivity index (χ4v) is 2.10. The maximum absolute atomic E-state index is 11.6. The summed E-state index contributed by atoms with van der Waals surface area (Å²) in [5.41, 5.74) is 4.34. The third-order valence-electron chi connectivity index (χ3n) is 3.05. The van der Waals surface area contributed by atoms with Crippen LogP contribution in [0.15, 0.2) is 47.8 Å². The zero-order valence-corrected chi connectivity index (χ0v) is 13.6. The van der Waals surface area contributed by atoms with Gasteiger partial charge in [0.15, 0.2) is 0 Å². The van der Waals surface area contributed by atoms with Gasteiger partial charge in [-0.25, -0.2) is 5.43 Å². The van der Waals surface area contributed by atoms with Crippen LogP contribution in [0.5, 0.6) is 5.75 Å². The summed E-state index contributed by atoms with van der Waals surface area (Å²) in [6, 6.07) is 9.06. The maximum atomic E-state index is 11.6. The lowest BCUT2D eigenvalue weighted by atomic mass is 10.2. The average Bonchev–Trinajstić information content (AvgIpc) is 2.54. The number of hydrogen-bond acceptors (Lipinski definition) is 4. The molecule has 5 nitrogen and oxygen atoms in total. The summed E-state index contributed by atoms with van der Waals surface area (Å²) in [5.74, 6) is 0.636. The van der Waals surface area contributed by atoms with E-state index in [0.29, 0.717) is 24.5 Å². The Hall–Kier alpha value is -2.40. The molecule has 23 heavy (non-hydrogen) atoms. The molecule has 120 valence electrons. The standard InChI is InChI=1S/C17H18ClN3O2/c1-13-11-15(18)4-5-16(13)23-10-2-3-17(22)21-20-12-14-6-8-19-9-7-14/h4-9,11-12H,2-3,10H2,1H3,(H,21,22). The molecular weight excluding hydrogens is 314 g/mol. The summed E-state index contributed by atoms with van der Waals surface area (Å²) in [5, 5.41) is 4.58. The van der Waals surface area contributed by atoms with Gasteiger partial charge in [-0.2, -0.15) is 5.10 Å². The normalized spacial score (nSPS) is 10.7. The van der Waals surface area contributed by atoms with E-state index in [1.165, 1.54) is 0 Å². The minimum absolute atomic E-state index is 0.147. The van der Waals surface area contributed by atoms with Crippen molar-refractivity contribution >= 4 is 23.7 Å². The van der Waals surface area contributed by atoms with Crippen LogP contribution in [-0.2, 0) is 4.79 Å². The number of nitrogens with zero attached hydrogens (tertiary/aromatic N) is 2. The first-order chi connectivity index (χ1) is 11.1. The smallest absolute Gasteiger partial charge is 0.240 e. The van der Waals surface area contributed by atoms with Gasteiger partial charge in [-0.05, 0) is 54.8 Å². The Morgan fingerprint density at radius 2 is 2.13 bits per heavy atom. The molecule has 2 aromatic rings. The lowest BCUT2D eigenvalue weighted by molar-refractivity contribution is -0.121. The van der Waals surface area contributed by atoms with Crippen molar-refractivity contribution in [3.05, 3.63) is 58.9 Å². The van der Waals surface area contributed by atoms with Crippen molar-refractivity contribution in [3.8, 4) is 5.75 Å². The average molecular weight is 332 g/mol. The quantitative estimate of drug-likeness (QED) is 0.480. The Labute approximate surface area is 140 Å². The van der Waals surface area contributed by atoms with Crippen LogP contribution in [0.4, 0.5) is 0 Å². The van der Waals surface area contributed by atoms with E-state index in [0.717, 1.165) is 16.9 Å². The minimum Gasteiger partial charge on any atom is -0.493 e. The first-order valence-corrected chi connectivity index (χ1v) is 7.64. The Balaban J connectivity index is 1.66. The lowest BCUT2D eigenvalue weighted by Gasteiger charge is -2.08. The van der Waals surface area contributed by atoms with E-state index in [1.807, 2.05) is 19.1 Å². The van der Waals surface area contributed by atoms with Crippen LogP contribution < -0.4 is 10.2 Å². The molecule has 2 rings (SSSR count). The number of carbonyl (C=O) groups is 1. The Kier molecular flexibility index (Phi) is 6.56. The predicted molar refractivity (Wildman–Crippen MR) is 90.9 cm³/mol. The highest BCUT2D eigenvalue weighted by Gasteiger charge is 2.02. The molecular formula is C17H18ClN3O2. The highest BCUT2D eigenvalue weighted by atomic mass is 35.5. The molecule has 0 saturated carbocycles. The number of aromatic nitrogens is 1. The maximum Gasteiger partial charge on any atom is 0.240 e. The molecule has 0 aliphatic heterocycles. The Bertz CT molecular complexity index is 675. The van der Waals surface area contributed by atoms with E-state index in [-0.39, 0.29) is 5.91 Å². The molecule has 1 N–H and O–H groups in total. The van der Waals surface area contributed by atoms with Gasteiger partial charge in [0.05, 0.1) is 12.8 Å². The predicted octanol–water partition coefficient (Wildman–Crippen LogP) is 3.35. The number of amides is 1. The molecule has 1 amide bonds. The van der Waals surface area contributed by atoms with Crippen molar-refractivity contribution < 1.29 is 9.53 Å². The van der Waals surface area contributed by atoms with Crippen LogP contribution in [0.3, 0.4) is 0 Å². The van der Waals surface area contributed by atoms with Crippen molar-refractivity contribution in [2.75, 3.05) is 6.61 Å². The Morgan fingerprint density at radius 1 is 1.35 bits per heavy atom. The number of ether oxygens (including phenoxy) is 1. The summed E-state index contributed by atoms with van der Waals surface area (Å²) in [7, 11) is 0. The number of pyridine rings is 1. The van der Waals surface area contributed by atoms with Crippen LogP contribution in [0.25, 0.3) is 0 Å². The molecule has 1 aromatic carbocycles. The number of nitrogens with one attached hydrogen (secondary N) is 1. The van der Waals surface area contributed by atoms with E-state index < -0.39 is 0 Å². The second kappa shape index (κ2) is 8.90. The zero-order chi connectivity index (χ0) is 16.5. The van der Waals surface area contributed by atoms with Gasteiger partial charge < -0.3 is 4.74 Å². The second-order valence-electron chi connectivity index (χ2n) is 4.94. The zero-order valence-electron chi connectivity index (χ0n) is 12.8. The summed E-state index contributed by atoms with van der Waals surface area (Å²) in [6.45, 7) is 2.39. The molecule has 0 aliphatic carbocycles. The first-order valence-electron chi connectivity index (χ1n) is 7.26. The summed E-state index contributed by atoms with van der Waals surface area (Å²) >= 11 is 5.89. The largest absolute Gasteiger partial charge is 0.493 e. The highest BCUT2D eigenvalue weighted by molar-refractivity contribution is 6.30. The van der Waals surface area contributed by atoms with Gasteiger partial charge in [0, 0.05) is 23.8 Å². The van der Waals surface area contributed by atoms with Crippen molar-refractivity contribution in [3.63, 3.8) is 0 Å². The van der Waals surface area contributed by atoms with Gasteiger partial charge in [0.25, 0.3) is 0 Å². The third-order valence-corrected chi connectivity index (χ3v) is 3.29. The summed E-state index contributed by atoms with van der Waals surface area (Å²) in [6.07, 6.45) is 5.87. The number of halogens is 1. The molecule has 0 unspecified atom stereocenters. The molecule has 0 bridgehead atoms. The van der Waals surface area contributed by atoms with Gasteiger partial charge in [-0.1, -0.05) is 11.6 Å². The minimum atomic E-state index is -0.147. The fraction of sp³-hybridized carbons (Fsp3) is 0.235. The van der Waals surface area contributed by atoms with Gasteiger partial charge in [0.2, 0.25) is 5.91 Å². The number of aryl methyl sites for hydroxylation is 1. The molecule has 6 heteroatoms. The molecule has 0 aliphatic rings. The van der Waals surface area contributed by atoms with E-state index in [9.17, 15) is 4.79 Å². The first kappa shape index (κ1) is 17.0. The van der Waals surface area contributed by atoms with Crippen molar-refractivity contribution in [2.45, 2.75) is 19.8 Å². The van der Waals surface area contributed by atoms with E-state index >= 15 is 0 Å².